The van der Waals surface area contributed by atoms with Crippen molar-refractivity contribution in [2.75, 3.05) is 25.3 Å². The van der Waals surface area contributed by atoms with E-state index in [1.54, 1.807) is 43.5 Å². The van der Waals surface area contributed by atoms with E-state index >= 15 is 0 Å². The maximum Gasteiger partial charge on any atom is 0.294 e. The molecule has 3 aromatic rings. The van der Waals surface area contributed by atoms with Gasteiger partial charge in [0.15, 0.2) is 23.0 Å². The van der Waals surface area contributed by atoms with Crippen molar-refractivity contribution >= 4 is 39.5 Å². The number of carbonyl (C=O) groups excluding carboxylic acids is 2. The number of fused-ring (bicyclic) bond motifs is 2. The third-order valence-corrected chi connectivity index (χ3v) is 6.15. The standard InChI is InChI=1S/C26H21BrN2O6/c1-32-20-8-6-16(10-18(20)27)11-24-26(31)29(19-4-2-3-5-21(19)35-24)14-25(30)28-13-17-7-9-22-23(12-17)34-15-33-22/h2-12H,13-15H2,1H3,(H,28,30)/b24-11-. The molecule has 2 heterocycles. The van der Waals surface area contributed by atoms with E-state index in [0.29, 0.717) is 28.7 Å². The van der Waals surface area contributed by atoms with Crippen LogP contribution in [0.5, 0.6) is 23.0 Å². The van der Waals surface area contributed by atoms with Gasteiger partial charge in [-0.2, -0.15) is 0 Å². The van der Waals surface area contributed by atoms with E-state index in [0.717, 1.165) is 15.6 Å². The van der Waals surface area contributed by atoms with Crippen LogP contribution in [0.25, 0.3) is 6.08 Å². The number of ether oxygens (including phenoxy) is 4. The second-order valence-electron chi connectivity index (χ2n) is 7.83. The fraction of sp³-hybridized carbons (Fsp3) is 0.154. The van der Waals surface area contributed by atoms with Gasteiger partial charge in [0, 0.05) is 6.54 Å². The summed E-state index contributed by atoms with van der Waals surface area (Å²) in [7, 11) is 1.58. The number of methoxy groups -OCH3 is 1. The quantitative estimate of drug-likeness (QED) is 0.473. The number of para-hydroxylation sites is 2. The average molecular weight is 537 g/mol. The summed E-state index contributed by atoms with van der Waals surface area (Å²) in [5.41, 5.74) is 2.14. The van der Waals surface area contributed by atoms with E-state index in [9.17, 15) is 9.59 Å². The Kier molecular flexibility index (Phi) is 6.33. The number of hydrogen-bond acceptors (Lipinski definition) is 6. The van der Waals surface area contributed by atoms with E-state index in [-0.39, 0.29) is 31.5 Å². The van der Waals surface area contributed by atoms with Gasteiger partial charge < -0.3 is 24.3 Å². The third kappa shape index (κ3) is 4.81. The van der Waals surface area contributed by atoms with E-state index in [1.165, 1.54) is 4.90 Å². The lowest BCUT2D eigenvalue weighted by Crippen LogP contribution is -2.44. The molecule has 0 aliphatic carbocycles. The minimum absolute atomic E-state index is 0.115. The summed E-state index contributed by atoms with van der Waals surface area (Å²) in [6.07, 6.45) is 1.64. The Balaban J connectivity index is 1.34. The first kappa shape index (κ1) is 22.8. The predicted octanol–water partition coefficient (Wildman–Crippen LogP) is 4.27. The number of rotatable bonds is 6. The second-order valence-corrected chi connectivity index (χ2v) is 8.68. The molecule has 2 aliphatic rings. The summed E-state index contributed by atoms with van der Waals surface area (Å²) in [5, 5.41) is 2.86. The molecule has 2 aliphatic heterocycles. The van der Waals surface area contributed by atoms with Gasteiger partial charge in [-0.25, -0.2) is 0 Å². The van der Waals surface area contributed by atoms with Crippen molar-refractivity contribution in [3.05, 3.63) is 82.0 Å². The molecule has 3 aromatic carbocycles. The van der Waals surface area contributed by atoms with Crippen LogP contribution < -0.4 is 29.2 Å². The molecule has 178 valence electrons. The number of nitrogens with zero attached hydrogens (tertiary/aromatic N) is 1. The van der Waals surface area contributed by atoms with Crippen molar-refractivity contribution < 1.29 is 28.5 Å². The highest BCUT2D eigenvalue weighted by molar-refractivity contribution is 9.10. The van der Waals surface area contributed by atoms with Gasteiger partial charge in [-0.05, 0) is 69.5 Å². The molecule has 0 bridgehead atoms. The van der Waals surface area contributed by atoms with Gasteiger partial charge in [0.2, 0.25) is 12.7 Å². The largest absolute Gasteiger partial charge is 0.496 e. The third-order valence-electron chi connectivity index (χ3n) is 5.53. The number of nitrogens with one attached hydrogen (secondary N) is 1. The fourth-order valence-corrected chi connectivity index (χ4v) is 4.35. The topological polar surface area (TPSA) is 86.3 Å². The lowest BCUT2D eigenvalue weighted by atomic mass is 10.1. The molecule has 1 N–H and O–H groups in total. The van der Waals surface area contributed by atoms with Crippen molar-refractivity contribution in [3.8, 4) is 23.0 Å². The summed E-state index contributed by atoms with van der Waals surface area (Å²) in [5.74, 6) is 1.90. The number of carbonyl (C=O) groups is 2. The molecule has 9 heteroatoms. The van der Waals surface area contributed by atoms with Crippen molar-refractivity contribution in [1.82, 2.24) is 5.32 Å². The van der Waals surface area contributed by atoms with E-state index in [2.05, 4.69) is 21.2 Å². The van der Waals surface area contributed by atoms with Gasteiger partial charge in [-0.1, -0.05) is 24.3 Å². The molecule has 0 spiro atoms. The van der Waals surface area contributed by atoms with Crippen LogP contribution in [0.1, 0.15) is 11.1 Å². The number of amides is 2. The van der Waals surface area contributed by atoms with Crippen LogP contribution in [0, 0.1) is 0 Å². The number of hydrogen-bond donors (Lipinski definition) is 1. The first-order chi connectivity index (χ1) is 17.0. The number of anilines is 1. The number of halogens is 1. The monoisotopic (exact) mass is 536 g/mol. The fourth-order valence-electron chi connectivity index (χ4n) is 3.79. The van der Waals surface area contributed by atoms with Gasteiger partial charge in [-0.3, -0.25) is 14.5 Å². The molecule has 0 fully saturated rings. The molecule has 8 nitrogen and oxygen atoms in total. The summed E-state index contributed by atoms with van der Waals surface area (Å²) >= 11 is 3.45. The Labute approximate surface area is 210 Å². The highest BCUT2D eigenvalue weighted by Crippen LogP contribution is 2.36. The van der Waals surface area contributed by atoms with Crippen LogP contribution in [-0.2, 0) is 16.1 Å². The van der Waals surface area contributed by atoms with Gasteiger partial charge in [-0.15, -0.1) is 0 Å². The molecule has 0 aromatic heterocycles. The Morgan fingerprint density at radius 2 is 1.91 bits per heavy atom. The Morgan fingerprint density at radius 3 is 2.74 bits per heavy atom. The Bertz CT molecular complexity index is 1340. The normalized spacial score (nSPS) is 15.0. The van der Waals surface area contributed by atoms with Crippen LogP contribution in [0.4, 0.5) is 5.69 Å². The van der Waals surface area contributed by atoms with Crippen LogP contribution in [0.2, 0.25) is 0 Å². The summed E-state index contributed by atoms with van der Waals surface area (Å²) in [6, 6.07) is 18.0. The number of benzene rings is 3. The zero-order valence-electron chi connectivity index (χ0n) is 18.7. The molecule has 5 rings (SSSR count). The molecule has 0 radical (unpaired) electrons. The molecule has 0 saturated heterocycles. The summed E-state index contributed by atoms with van der Waals surface area (Å²) in [6.45, 7) is 0.318. The van der Waals surface area contributed by atoms with E-state index in [1.807, 2.05) is 30.3 Å². The highest BCUT2D eigenvalue weighted by atomic mass is 79.9. The molecule has 2 amide bonds. The first-order valence-corrected chi connectivity index (χ1v) is 11.6. The minimum Gasteiger partial charge on any atom is -0.496 e. The first-order valence-electron chi connectivity index (χ1n) is 10.8. The van der Waals surface area contributed by atoms with E-state index in [4.69, 9.17) is 18.9 Å². The van der Waals surface area contributed by atoms with Gasteiger partial charge in [0.05, 0.1) is 17.3 Å². The van der Waals surface area contributed by atoms with Crippen molar-refractivity contribution in [2.45, 2.75) is 6.54 Å². The molecule has 0 atom stereocenters. The van der Waals surface area contributed by atoms with Crippen molar-refractivity contribution in [1.29, 1.82) is 0 Å². The van der Waals surface area contributed by atoms with Crippen LogP contribution in [0.15, 0.2) is 70.9 Å². The van der Waals surface area contributed by atoms with Gasteiger partial charge in [0.25, 0.3) is 5.91 Å². The zero-order chi connectivity index (χ0) is 24.4. The van der Waals surface area contributed by atoms with Crippen molar-refractivity contribution in [2.24, 2.45) is 0 Å². The maximum atomic E-state index is 13.3. The summed E-state index contributed by atoms with van der Waals surface area (Å²) in [4.78, 5) is 27.6. The maximum absolute atomic E-state index is 13.3. The molecule has 0 unspecified atom stereocenters. The predicted molar refractivity (Wildman–Crippen MR) is 133 cm³/mol. The SMILES string of the molecule is COc1ccc(/C=C2\Oc3ccccc3N(CC(=O)NCc3ccc4c(c3)OCO4)C2=O)cc1Br. The molecular weight excluding hydrogens is 516 g/mol. The lowest BCUT2D eigenvalue weighted by molar-refractivity contribution is -0.123. The summed E-state index contributed by atoms with van der Waals surface area (Å²) < 4.78 is 22.6. The Morgan fingerprint density at radius 1 is 1.09 bits per heavy atom. The molecular formula is C26H21BrN2O6. The van der Waals surface area contributed by atoms with Crippen LogP contribution >= 0.6 is 15.9 Å². The minimum atomic E-state index is -0.408. The second kappa shape index (κ2) is 9.71. The molecule has 0 saturated carbocycles. The zero-order valence-corrected chi connectivity index (χ0v) is 20.3. The average Bonchev–Trinajstić information content (AvgIpc) is 3.33. The highest BCUT2D eigenvalue weighted by Gasteiger charge is 2.31. The lowest BCUT2D eigenvalue weighted by Gasteiger charge is -2.30. The van der Waals surface area contributed by atoms with Crippen LogP contribution in [0.3, 0.4) is 0 Å². The van der Waals surface area contributed by atoms with E-state index < -0.39 is 5.91 Å². The van der Waals surface area contributed by atoms with Gasteiger partial charge in [0.1, 0.15) is 12.3 Å². The van der Waals surface area contributed by atoms with Crippen molar-refractivity contribution in [3.63, 3.8) is 0 Å². The van der Waals surface area contributed by atoms with Crippen LogP contribution in [-0.4, -0.2) is 32.3 Å². The van der Waals surface area contributed by atoms with Gasteiger partial charge >= 0.3 is 0 Å². The Hall–Kier alpha value is -3.98. The smallest absolute Gasteiger partial charge is 0.294 e. The molecule has 35 heavy (non-hydrogen) atoms.